The van der Waals surface area contributed by atoms with Crippen molar-refractivity contribution in [2.24, 2.45) is 16.6 Å². The normalized spacial score (nSPS) is 29.5. The van der Waals surface area contributed by atoms with Gasteiger partial charge in [0.05, 0.1) is 6.10 Å². The van der Waals surface area contributed by atoms with Crippen molar-refractivity contribution in [3.63, 3.8) is 0 Å². The molecule has 0 aromatic carbocycles. The van der Waals surface area contributed by atoms with Gasteiger partial charge in [-0.2, -0.15) is 0 Å². The van der Waals surface area contributed by atoms with E-state index in [4.69, 9.17) is 10.5 Å². The van der Waals surface area contributed by atoms with E-state index in [1.54, 1.807) is 0 Å². The summed E-state index contributed by atoms with van der Waals surface area (Å²) in [7, 11) is 0. The lowest BCUT2D eigenvalue weighted by Crippen LogP contribution is -2.43. The summed E-state index contributed by atoms with van der Waals surface area (Å²) in [5.41, 5.74) is 6.07. The van der Waals surface area contributed by atoms with E-state index in [-0.39, 0.29) is 0 Å². The lowest BCUT2D eigenvalue weighted by molar-refractivity contribution is 0.0105. The molecule has 2 aliphatic heterocycles. The molecule has 4 nitrogen and oxygen atoms in total. The number of nitrogens with two attached hydrogens (primary N) is 1. The first-order valence-corrected chi connectivity index (χ1v) is 7.92. The molecule has 0 radical (unpaired) electrons. The molecule has 2 unspecified atom stereocenters. The van der Waals surface area contributed by atoms with Crippen molar-refractivity contribution in [1.29, 1.82) is 0 Å². The van der Waals surface area contributed by atoms with E-state index in [0.717, 1.165) is 51.0 Å². The summed E-state index contributed by atoms with van der Waals surface area (Å²) in [6.07, 6.45) is 9.04. The van der Waals surface area contributed by atoms with Crippen molar-refractivity contribution in [3.8, 4) is 0 Å². The van der Waals surface area contributed by atoms with E-state index in [9.17, 15) is 0 Å². The van der Waals surface area contributed by atoms with Crippen LogP contribution in [0.5, 0.6) is 0 Å². The molecule has 2 N–H and O–H groups in total. The fraction of sp³-hybridized carbons (Fsp3) is 0.933. The molecule has 2 atom stereocenters. The molecule has 19 heavy (non-hydrogen) atoms. The zero-order chi connectivity index (χ0) is 13.5. The monoisotopic (exact) mass is 267 g/mol. The second kappa shape index (κ2) is 7.73. The first-order chi connectivity index (χ1) is 9.25. The summed E-state index contributed by atoms with van der Waals surface area (Å²) in [6, 6.07) is 0. The fourth-order valence-electron chi connectivity index (χ4n) is 3.05. The largest absolute Gasteiger partial charge is 0.378 e. The number of piperidine rings is 1. The molecule has 110 valence electrons. The van der Waals surface area contributed by atoms with Gasteiger partial charge in [-0.25, -0.2) is 0 Å². The van der Waals surface area contributed by atoms with Crippen molar-refractivity contribution in [2.45, 2.75) is 58.0 Å². The Morgan fingerprint density at radius 1 is 1.32 bits per heavy atom. The number of aliphatic imine (C=N–C) groups is 1. The molecule has 0 aromatic heterocycles. The minimum Gasteiger partial charge on any atom is -0.378 e. The highest BCUT2D eigenvalue weighted by Gasteiger charge is 2.17. The number of rotatable bonds is 4. The predicted molar refractivity (Wildman–Crippen MR) is 79.3 cm³/mol. The molecule has 0 aromatic rings. The van der Waals surface area contributed by atoms with Crippen molar-refractivity contribution in [3.05, 3.63) is 0 Å². The molecule has 0 amide bonds. The Labute approximate surface area is 117 Å². The third-order valence-electron chi connectivity index (χ3n) is 4.21. The van der Waals surface area contributed by atoms with E-state index >= 15 is 0 Å². The van der Waals surface area contributed by atoms with Crippen LogP contribution >= 0.6 is 0 Å². The van der Waals surface area contributed by atoms with Crippen molar-refractivity contribution in [2.75, 3.05) is 26.2 Å². The van der Waals surface area contributed by atoms with Gasteiger partial charge in [0, 0.05) is 26.2 Å². The molecular weight excluding hydrogens is 238 g/mol. The van der Waals surface area contributed by atoms with Gasteiger partial charge in [-0.3, -0.25) is 4.99 Å². The smallest absolute Gasteiger partial charge is 0.191 e. The van der Waals surface area contributed by atoms with Crippen molar-refractivity contribution >= 4 is 5.96 Å². The first kappa shape index (κ1) is 14.6. The number of hydrogen-bond acceptors (Lipinski definition) is 2. The predicted octanol–water partition coefficient (Wildman–Crippen LogP) is 2.38. The Balaban J connectivity index is 1.63. The summed E-state index contributed by atoms with van der Waals surface area (Å²) in [5.74, 6) is 1.49. The second-order valence-electron chi connectivity index (χ2n) is 6.06. The maximum Gasteiger partial charge on any atom is 0.191 e. The minimum atomic E-state index is 0.472. The molecule has 2 saturated heterocycles. The second-order valence-corrected chi connectivity index (χ2v) is 6.06. The fourth-order valence-corrected chi connectivity index (χ4v) is 3.05. The molecule has 0 aliphatic carbocycles. The van der Waals surface area contributed by atoms with Gasteiger partial charge in [-0.15, -0.1) is 0 Å². The topological polar surface area (TPSA) is 50.8 Å². The van der Waals surface area contributed by atoms with E-state index in [1.165, 1.54) is 32.1 Å². The molecule has 2 aliphatic rings. The Morgan fingerprint density at radius 2 is 2.21 bits per heavy atom. The molecule has 0 bridgehead atoms. The average Bonchev–Trinajstić information content (AvgIpc) is 2.44. The van der Waals surface area contributed by atoms with Gasteiger partial charge in [0.15, 0.2) is 5.96 Å². The third-order valence-corrected chi connectivity index (χ3v) is 4.21. The highest BCUT2D eigenvalue weighted by molar-refractivity contribution is 5.78. The van der Waals surface area contributed by atoms with Crippen LogP contribution in [0.4, 0.5) is 0 Å². The molecule has 4 heteroatoms. The van der Waals surface area contributed by atoms with Crippen LogP contribution in [0.15, 0.2) is 4.99 Å². The van der Waals surface area contributed by atoms with Crippen LogP contribution in [0.3, 0.4) is 0 Å². The number of nitrogens with zero attached hydrogens (tertiary/aromatic N) is 2. The first-order valence-electron chi connectivity index (χ1n) is 7.92. The summed E-state index contributed by atoms with van der Waals surface area (Å²) in [6.45, 7) is 6.23. The van der Waals surface area contributed by atoms with E-state index in [1.807, 2.05) is 0 Å². The van der Waals surface area contributed by atoms with Gasteiger partial charge in [0.1, 0.15) is 0 Å². The number of guanidine groups is 1. The molecule has 2 heterocycles. The van der Waals surface area contributed by atoms with Crippen LogP contribution in [-0.4, -0.2) is 43.2 Å². The maximum absolute atomic E-state index is 6.07. The molecule has 2 fully saturated rings. The van der Waals surface area contributed by atoms with Gasteiger partial charge >= 0.3 is 0 Å². The Morgan fingerprint density at radius 3 is 2.95 bits per heavy atom. The zero-order valence-electron chi connectivity index (χ0n) is 12.3. The van der Waals surface area contributed by atoms with Crippen molar-refractivity contribution < 1.29 is 4.74 Å². The molecule has 0 saturated carbocycles. The number of ether oxygens (including phenoxy) is 1. The third kappa shape index (κ3) is 5.01. The zero-order valence-corrected chi connectivity index (χ0v) is 12.3. The van der Waals surface area contributed by atoms with E-state index < -0.39 is 0 Å². The van der Waals surface area contributed by atoms with Crippen LogP contribution in [0.2, 0.25) is 0 Å². The van der Waals surface area contributed by atoms with E-state index in [2.05, 4.69) is 16.8 Å². The Hall–Kier alpha value is -0.770. The quantitative estimate of drug-likeness (QED) is 0.483. The van der Waals surface area contributed by atoms with Crippen molar-refractivity contribution in [1.82, 2.24) is 4.90 Å². The van der Waals surface area contributed by atoms with Crippen LogP contribution in [0.1, 0.15) is 51.9 Å². The number of hydrogen-bond donors (Lipinski definition) is 1. The summed E-state index contributed by atoms with van der Waals surface area (Å²) in [4.78, 5) is 6.77. The number of likely N-dealkylation sites (tertiary alicyclic amines) is 1. The average molecular weight is 267 g/mol. The summed E-state index contributed by atoms with van der Waals surface area (Å²) >= 11 is 0. The molecular formula is C15H29N3O. The van der Waals surface area contributed by atoms with Gasteiger partial charge < -0.3 is 15.4 Å². The minimum absolute atomic E-state index is 0.472. The molecule has 0 spiro atoms. The van der Waals surface area contributed by atoms with E-state index in [0.29, 0.717) is 6.10 Å². The van der Waals surface area contributed by atoms with Crippen LogP contribution < -0.4 is 5.73 Å². The highest BCUT2D eigenvalue weighted by atomic mass is 16.5. The SMILES string of the molecule is CC1CCCN(C(N)=NCCCC2CCCCO2)C1. The Kier molecular flexibility index (Phi) is 5.95. The maximum atomic E-state index is 6.07. The lowest BCUT2D eigenvalue weighted by atomic mass is 10.0. The van der Waals surface area contributed by atoms with Gasteiger partial charge in [-0.05, 0) is 50.9 Å². The van der Waals surface area contributed by atoms with Gasteiger partial charge in [0.25, 0.3) is 0 Å². The van der Waals surface area contributed by atoms with Crippen LogP contribution in [0, 0.1) is 5.92 Å². The highest BCUT2D eigenvalue weighted by Crippen LogP contribution is 2.17. The van der Waals surface area contributed by atoms with Gasteiger partial charge in [0.2, 0.25) is 0 Å². The standard InChI is InChI=1S/C15H29N3O/c1-13-6-5-10-18(12-13)15(16)17-9-4-8-14-7-2-3-11-19-14/h13-14H,2-12H2,1H3,(H2,16,17). The lowest BCUT2D eigenvalue weighted by Gasteiger charge is -2.31. The Bertz CT molecular complexity index is 287. The molecule has 2 rings (SSSR count). The van der Waals surface area contributed by atoms with Crippen LogP contribution in [-0.2, 0) is 4.74 Å². The summed E-state index contributed by atoms with van der Waals surface area (Å²) < 4.78 is 5.73. The summed E-state index contributed by atoms with van der Waals surface area (Å²) in [5, 5.41) is 0. The van der Waals surface area contributed by atoms with Crippen LogP contribution in [0.25, 0.3) is 0 Å². The van der Waals surface area contributed by atoms with Gasteiger partial charge in [-0.1, -0.05) is 6.92 Å².